The third-order valence-corrected chi connectivity index (χ3v) is 4.70. The summed E-state index contributed by atoms with van der Waals surface area (Å²) in [4.78, 5) is 19.2. The lowest BCUT2D eigenvalue weighted by atomic mass is 9.87. The van der Waals surface area contributed by atoms with Gasteiger partial charge in [-0.05, 0) is 42.2 Å². The zero-order valence-corrected chi connectivity index (χ0v) is 13.9. The highest BCUT2D eigenvalue weighted by atomic mass is 16.3. The lowest BCUT2D eigenvalue weighted by Gasteiger charge is -2.28. The highest BCUT2D eigenvalue weighted by molar-refractivity contribution is 5.79. The van der Waals surface area contributed by atoms with Crippen molar-refractivity contribution in [3.63, 3.8) is 0 Å². The smallest absolute Gasteiger partial charge is 0.226 e. The second kappa shape index (κ2) is 6.93. The standard InChI is InChI=1S/C19H20N4O2/c24-19(15-5-6-16-11-21-22-18(16)9-15)23(13-17-4-2-8-25-17)12-14-3-1-7-20-10-14/h1-4,7-8,10-11,15H,5-6,9,12-13H2,(H,21,22)/t15-/m0/s1. The number of carbonyl (C=O) groups is 1. The van der Waals surface area contributed by atoms with E-state index in [1.165, 1.54) is 5.56 Å². The molecule has 0 radical (unpaired) electrons. The molecule has 0 fully saturated rings. The van der Waals surface area contributed by atoms with Gasteiger partial charge in [-0.1, -0.05) is 6.07 Å². The van der Waals surface area contributed by atoms with E-state index < -0.39 is 0 Å². The largest absolute Gasteiger partial charge is 0.467 e. The van der Waals surface area contributed by atoms with Crippen LogP contribution in [0.5, 0.6) is 0 Å². The van der Waals surface area contributed by atoms with E-state index in [0.29, 0.717) is 13.1 Å². The minimum Gasteiger partial charge on any atom is -0.467 e. The quantitative estimate of drug-likeness (QED) is 0.777. The number of hydrogen-bond acceptors (Lipinski definition) is 4. The average molecular weight is 336 g/mol. The van der Waals surface area contributed by atoms with Crippen molar-refractivity contribution >= 4 is 5.91 Å². The molecule has 1 aliphatic carbocycles. The molecule has 0 spiro atoms. The van der Waals surface area contributed by atoms with Gasteiger partial charge in [0.05, 0.1) is 19.0 Å². The van der Waals surface area contributed by atoms with Crippen LogP contribution < -0.4 is 0 Å². The number of aromatic nitrogens is 3. The molecule has 3 aromatic heterocycles. The Morgan fingerprint density at radius 1 is 1.28 bits per heavy atom. The van der Waals surface area contributed by atoms with E-state index in [-0.39, 0.29) is 11.8 Å². The molecular weight excluding hydrogens is 316 g/mol. The van der Waals surface area contributed by atoms with Crippen LogP contribution in [0.25, 0.3) is 0 Å². The van der Waals surface area contributed by atoms with Gasteiger partial charge in [0.1, 0.15) is 5.76 Å². The van der Waals surface area contributed by atoms with Crippen LogP contribution >= 0.6 is 0 Å². The molecule has 0 saturated carbocycles. The second-order valence-electron chi connectivity index (χ2n) is 6.45. The summed E-state index contributed by atoms with van der Waals surface area (Å²) in [5, 5.41) is 7.13. The average Bonchev–Trinajstić information content (AvgIpc) is 3.32. The maximum atomic E-state index is 13.2. The summed E-state index contributed by atoms with van der Waals surface area (Å²) in [5.41, 5.74) is 3.33. The molecule has 0 unspecified atom stereocenters. The first-order chi connectivity index (χ1) is 12.3. The SMILES string of the molecule is O=C([C@H]1CCc2cn[nH]c2C1)N(Cc1cccnc1)Cc1ccco1. The Balaban J connectivity index is 1.53. The molecule has 0 aromatic carbocycles. The number of aryl methyl sites for hydroxylation is 1. The number of H-pyrrole nitrogens is 1. The molecule has 128 valence electrons. The topological polar surface area (TPSA) is 75.0 Å². The van der Waals surface area contributed by atoms with E-state index in [1.807, 2.05) is 35.4 Å². The van der Waals surface area contributed by atoms with Gasteiger partial charge in [0.2, 0.25) is 5.91 Å². The van der Waals surface area contributed by atoms with Gasteiger partial charge in [0.25, 0.3) is 0 Å². The number of furan rings is 1. The fraction of sp³-hybridized carbons (Fsp3) is 0.316. The summed E-state index contributed by atoms with van der Waals surface area (Å²) < 4.78 is 5.46. The molecule has 6 heteroatoms. The summed E-state index contributed by atoms with van der Waals surface area (Å²) in [6, 6.07) is 7.63. The summed E-state index contributed by atoms with van der Waals surface area (Å²) in [5.74, 6) is 0.912. The predicted molar refractivity (Wildman–Crippen MR) is 91.3 cm³/mol. The van der Waals surface area contributed by atoms with Gasteiger partial charge in [-0.2, -0.15) is 5.10 Å². The Kier molecular flexibility index (Phi) is 4.33. The van der Waals surface area contributed by atoms with Gasteiger partial charge in [0, 0.05) is 37.0 Å². The molecule has 0 aliphatic heterocycles. The molecule has 6 nitrogen and oxygen atoms in total. The molecular formula is C19H20N4O2. The minimum absolute atomic E-state index is 0.0282. The zero-order valence-electron chi connectivity index (χ0n) is 13.9. The van der Waals surface area contributed by atoms with Crippen LogP contribution in [0.1, 0.15) is 29.0 Å². The van der Waals surface area contributed by atoms with Crippen molar-refractivity contribution in [2.45, 2.75) is 32.4 Å². The van der Waals surface area contributed by atoms with E-state index in [9.17, 15) is 4.79 Å². The normalized spacial score (nSPS) is 16.4. The Hall–Kier alpha value is -2.89. The Morgan fingerprint density at radius 2 is 2.24 bits per heavy atom. The summed E-state index contributed by atoms with van der Waals surface area (Å²) in [6.07, 6.45) is 9.51. The van der Waals surface area contributed by atoms with Crippen LogP contribution in [0.2, 0.25) is 0 Å². The lowest BCUT2D eigenvalue weighted by Crippen LogP contribution is -2.37. The molecule has 0 bridgehead atoms. The summed E-state index contributed by atoms with van der Waals surface area (Å²) in [7, 11) is 0. The third-order valence-electron chi connectivity index (χ3n) is 4.70. The van der Waals surface area contributed by atoms with Crippen LogP contribution in [0, 0.1) is 5.92 Å². The maximum absolute atomic E-state index is 13.2. The lowest BCUT2D eigenvalue weighted by molar-refractivity contribution is -0.137. The monoisotopic (exact) mass is 336 g/mol. The number of nitrogens with one attached hydrogen (secondary N) is 1. The van der Waals surface area contributed by atoms with E-state index in [2.05, 4.69) is 15.2 Å². The zero-order chi connectivity index (χ0) is 17.1. The molecule has 1 aliphatic rings. The van der Waals surface area contributed by atoms with Gasteiger partial charge >= 0.3 is 0 Å². The Labute approximate surface area is 145 Å². The summed E-state index contributed by atoms with van der Waals surface area (Å²) in [6.45, 7) is 0.993. The molecule has 3 aromatic rings. The van der Waals surface area contributed by atoms with E-state index in [1.54, 1.807) is 18.7 Å². The first-order valence-corrected chi connectivity index (χ1v) is 8.51. The number of fused-ring (bicyclic) bond motifs is 1. The first-order valence-electron chi connectivity index (χ1n) is 8.51. The Morgan fingerprint density at radius 3 is 3.04 bits per heavy atom. The molecule has 1 atom stereocenters. The van der Waals surface area contributed by atoms with Crippen LogP contribution in [0.15, 0.2) is 53.5 Å². The Bertz CT molecular complexity index is 826. The molecule has 4 rings (SSSR count). The predicted octanol–water partition coefficient (Wildman–Crippen LogP) is 2.73. The number of aromatic amines is 1. The van der Waals surface area contributed by atoms with Gasteiger partial charge in [-0.3, -0.25) is 14.9 Å². The van der Waals surface area contributed by atoms with Crippen LogP contribution in [-0.4, -0.2) is 26.0 Å². The minimum atomic E-state index is -0.0282. The molecule has 25 heavy (non-hydrogen) atoms. The van der Waals surface area contributed by atoms with Crippen LogP contribution in [-0.2, 0) is 30.7 Å². The second-order valence-corrected chi connectivity index (χ2v) is 6.45. The van der Waals surface area contributed by atoms with E-state index in [4.69, 9.17) is 4.42 Å². The van der Waals surface area contributed by atoms with E-state index in [0.717, 1.165) is 36.3 Å². The number of pyridine rings is 1. The highest BCUT2D eigenvalue weighted by Gasteiger charge is 2.29. The van der Waals surface area contributed by atoms with Gasteiger partial charge in [-0.25, -0.2) is 0 Å². The first kappa shape index (κ1) is 15.6. The van der Waals surface area contributed by atoms with Crippen molar-refractivity contribution in [1.29, 1.82) is 0 Å². The van der Waals surface area contributed by atoms with Gasteiger partial charge in [-0.15, -0.1) is 0 Å². The number of rotatable bonds is 5. The summed E-state index contributed by atoms with van der Waals surface area (Å²) >= 11 is 0. The van der Waals surface area contributed by atoms with Crippen molar-refractivity contribution in [3.8, 4) is 0 Å². The van der Waals surface area contributed by atoms with Crippen molar-refractivity contribution in [2.24, 2.45) is 5.92 Å². The molecule has 1 N–H and O–H groups in total. The van der Waals surface area contributed by atoms with Gasteiger partial charge < -0.3 is 9.32 Å². The van der Waals surface area contributed by atoms with Crippen molar-refractivity contribution in [2.75, 3.05) is 0 Å². The number of nitrogens with zero attached hydrogens (tertiary/aromatic N) is 3. The van der Waals surface area contributed by atoms with E-state index >= 15 is 0 Å². The van der Waals surface area contributed by atoms with Crippen molar-refractivity contribution < 1.29 is 9.21 Å². The molecule has 1 amide bonds. The molecule has 3 heterocycles. The number of amides is 1. The number of carbonyl (C=O) groups excluding carboxylic acids is 1. The van der Waals surface area contributed by atoms with Gasteiger partial charge in [0.15, 0.2) is 0 Å². The number of hydrogen-bond donors (Lipinski definition) is 1. The van der Waals surface area contributed by atoms with Crippen molar-refractivity contribution in [1.82, 2.24) is 20.1 Å². The third kappa shape index (κ3) is 3.47. The highest BCUT2D eigenvalue weighted by Crippen LogP contribution is 2.26. The maximum Gasteiger partial charge on any atom is 0.226 e. The fourth-order valence-electron chi connectivity index (χ4n) is 3.39. The van der Waals surface area contributed by atoms with Crippen LogP contribution in [0.3, 0.4) is 0 Å². The fourth-order valence-corrected chi connectivity index (χ4v) is 3.39. The van der Waals surface area contributed by atoms with Crippen molar-refractivity contribution in [3.05, 3.63) is 71.7 Å². The molecule has 0 saturated heterocycles. The van der Waals surface area contributed by atoms with Crippen LogP contribution in [0.4, 0.5) is 0 Å².